The largest absolute Gasteiger partial charge is 0.472 e. The molecule has 0 N–H and O–H groups in total. The highest BCUT2D eigenvalue weighted by Crippen LogP contribution is 1.93. The van der Waals surface area contributed by atoms with Crippen molar-refractivity contribution in [1.82, 2.24) is 0 Å². The van der Waals surface area contributed by atoms with E-state index in [2.05, 4.69) is 4.42 Å². The predicted octanol–water partition coefficient (Wildman–Crippen LogP) is 1.59. The maximum Gasteiger partial charge on any atom is 0.105 e. The fourth-order valence-electron chi connectivity index (χ4n) is 0.230. The van der Waals surface area contributed by atoms with Gasteiger partial charge in [-0.25, -0.2) is 0 Å². The zero-order valence-corrected chi connectivity index (χ0v) is 3.41. The van der Waals surface area contributed by atoms with E-state index < -0.39 is 0 Å². The summed E-state index contributed by atoms with van der Waals surface area (Å²) in [5.74, 6) is 0. The minimum Gasteiger partial charge on any atom is -0.472 e. The topological polar surface area (TPSA) is 13.1 Å². The lowest BCUT2D eigenvalue weighted by Gasteiger charge is -1.63. The minimum atomic E-state index is -0.225. The van der Waals surface area contributed by atoms with Crippen LogP contribution in [0.1, 0.15) is 9.68 Å². The summed E-state index contributed by atoms with van der Waals surface area (Å²) in [6.07, 6.45) is -0.303. The zero-order valence-electron chi connectivity index (χ0n) is 6.41. The van der Waals surface area contributed by atoms with E-state index in [1.54, 1.807) is 6.92 Å². The van der Waals surface area contributed by atoms with Crippen LogP contribution < -0.4 is 0 Å². The van der Waals surface area contributed by atoms with E-state index >= 15 is 0 Å². The molecule has 0 aliphatic heterocycles. The molecule has 1 heteroatoms. The van der Waals surface area contributed by atoms with E-state index in [0.717, 1.165) is 0 Å². The van der Waals surface area contributed by atoms with Gasteiger partial charge < -0.3 is 4.42 Å². The SMILES string of the molecule is [2H]c1oc([2H])c(C)c1[2H]. The van der Waals surface area contributed by atoms with E-state index in [4.69, 9.17) is 4.11 Å². The fourth-order valence-corrected chi connectivity index (χ4v) is 0.230. The van der Waals surface area contributed by atoms with Crippen molar-refractivity contribution >= 4 is 0 Å². The predicted molar refractivity (Wildman–Crippen MR) is 23.4 cm³/mol. The molecule has 1 heterocycles. The van der Waals surface area contributed by atoms with Crippen LogP contribution in [0.15, 0.2) is 22.9 Å². The van der Waals surface area contributed by atoms with Gasteiger partial charge >= 0.3 is 0 Å². The highest BCUT2D eigenvalue weighted by Gasteiger charge is 1.75. The summed E-state index contributed by atoms with van der Waals surface area (Å²) in [5, 5.41) is 0. The van der Waals surface area contributed by atoms with Crippen molar-refractivity contribution in [2.75, 3.05) is 0 Å². The average Bonchev–Trinajstić information content (AvgIpc) is 1.98. The van der Waals surface area contributed by atoms with Gasteiger partial charge in [-0.3, -0.25) is 0 Å². The molecule has 0 spiro atoms. The zero-order chi connectivity index (χ0) is 7.02. The van der Waals surface area contributed by atoms with Crippen molar-refractivity contribution in [2.24, 2.45) is 0 Å². The molecule has 1 nitrogen and oxygen atoms in total. The molecule has 0 saturated carbocycles. The molecule has 6 heavy (non-hydrogen) atoms. The van der Waals surface area contributed by atoms with Crippen LogP contribution in [0.4, 0.5) is 0 Å². The van der Waals surface area contributed by atoms with Crippen LogP contribution in [-0.2, 0) is 0 Å². The van der Waals surface area contributed by atoms with Crippen LogP contribution in [0.3, 0.4) is 0 Å². The van der Waals surface area contributed by atoms with Crippen LogP contribution >= 0.6 is 0 Å². The lowest BCUT2D eigenvalue weighted by atomic mass is 10.4. The molecule has 0 atom stereocenters. The maximum absolute atomic E-state index is 7.06. The molecule has 0 aromatic carbocycles. The van der Waals surface area contributed by atoms with Crippen LogP contribution in [0.5, 0.6) is 0 Å². The number of rotatable bonds is 0. The van der Waals surface area contributed by atoms with E-state index in [1.165, 1.54) is 0 Å². The van der Waals surface area contributed by atoms with Crippen molar-refractivity contribution in [2.45, 2.75) is 6.92 Å². The second kappa shape index (κ2) is 1.17. The first kappa shape index (κ1) is 1.41. The molecule has 0 aliphatic carbocycles. The van der Waals surface area contributed by atoms with Gasteiger partial charge in [0.05, 0.1) is 13.8 Å². The highest BCUT2D eigenvalue weighted by molar-refractivity contribution is 5.00. The molecular weight excluding hydrogens is 76.1 g/mol. The van der Waals surface area contributed by atoms with Crippen molar-refractivity contribution in [3.05, 3.63) is 24.1 Å². The Morgan fingerprint density at radius 2 is 2.83 bits per heavy atom. The van der Waals surface area contributed by atoms with Crippen LogP contribution in [0.2, 0.25) is 0 Å². The van der Waals surface area contributed by atoms with Gasteiger partial charge in [0.25, 0.3) is 0 Å². The summed E-state index contributed by atoms with van der Waals surface area (Å²) in [5.41, 5.74) is 0.431. The van der Waals surface area contributed by atoms with Gasteiger partial charge in [0.1, 0.15) is 2.74 Å². The Bertz CT molecular complexity index is 206. The fraction of sp³-hybridized carbons (Fsp3) is 0.200. The molecular formula is C5H6O. The summed E-state index contributed by atoms with van der Waals surface area (Å²) in [6.45, 7) is 1.59. The Morgan fingerprint density at radius 3 is 3.00 bits per heavy atom. The first-order chi connectivity index (χ1) is 4.13. The molecule has 0 aliphatic rings. The molecule has 0 amide bonds. The molecule has 0 fully saturated rings. The molecule has 32 valence electrons. The average molecular weight is 85.1 g/mol. The molecule has 1 rings (SSSR count). The van der Waals surface area contributed by atoms with Crippen LogP contribution in [-0.4, -0.2) is 0 Å². The Labute approximate surface area is 40.8 Å². The Kier molecular flexibility index (Phi) is 0.275. The molecule has 1 aromatic rings. The monoisotopic (exact) mass is 85.1 g/mol. The van der Waals surface area contributed by atoms with Gasteiger partial charge in [-0.1, -0.05) is 0 Å². The third kappa shape index (κ3) is 0.432. The Balaban J connectivity index is 3.29. The Morgan fingerprint density at radius 1 is 2.00 bits per heavy atom. The van der Waals surface area contributed by atoms with E-state index in [9.17, 15) is 0 Å². The lowest BCUT2D eigenvalue weighted by Crippen LogP contribution is -1.48. The van der Waals surface area contributed by atoms with Crippen molar-refractivity contribution < 1.29 is 8.53 Å². The van der Waals surface area contributed by atoms with Gasteiger partial charge in [-0.05, 0) is 18.5 Å². The summed E-state index contributed by atoms with van der Waals surface area (Å²) in [4.78, 5) is 0. The minimum absolute atomic E-state index is 0.0139. The van der Waals surface area contributed by atoms with Crippen LogP contribution in [0.25, 0.3) is 0 Å². The summed E-state index contributed by atoms with van der Waals surface area (Å²) >= 11 is 0. The molecule has 0 unspecified atom stereocenters. The second-order valence-corrected chi connectivity index (χ2v) is 1.06. The number of furan rings is 1. The van der Waals surface area contributed by atoms with E-state index in [0.29, 0.717) is 5.56 Å². The first-order valence-corrected chi connectivity index (χ1v) is 1.66. The summed E-state index contributed by atoms with van der Waals surface area (Å²) < 4.78 is 25.4. The lowest BCUT2D eigenvalue weighted by molar-refractivity contribution is 0.565. The van der Waals surface area contributed by atoms with Gasteiger partial charge in [0.2, 0.25) is 0 Å². The van der Waals surface area contributed by atoms with Crippen molar-refractivity contribution in [1.29, 1.82) is 0 Å². The highest BCUT2D eigenvalue weighted by atomic mass is 16.3. The normalized spacial score (nSPS) is 15.8. The van der Waals surface area contributed by atoms with Gasteiger partial charge in [0.15, 0.2) is 0 Å². The van der Waals surface area contributed by atoms with Gasteiger partial charge in [0, 0.05) is 0 Å². The smallest absolute Gasteiger partial charge is 0.105 e. The Hall–Kier alpha value is -0.720. The third-order valence-corrected chi connectivity index (χ3v) is 0.494. The van der Waals surface area contributed by atoms with Gasteiger partial charge in [-0.15, -0.1) is 0 Å². The summed E-state index contributed by atoms with van der Waals surface area (Å²) in [7, 11) is 0. The third-order valence-electron chi connectivity index (χ3n) is 0.494. The van der Waals surface area contributed by atoms with Gasteiger partial charge in [-0.2, -0.15) is 0 Å². The maximum atomic E-state index is 7.06. The number of hydrogen-bond acceptors (Lipinski definition) is 1. The molecule has 0 radical (unpaired) electrons. The van der Waals surface area contributed by atoms with Crippen LogP contribution in [0, 0.1) is 6.92 Å². The van der Waals surface area contributed by atoms with Crippen molar-refractivity contribution in [3.8, 4) is 0 Å². The second-order valence-electron chi connectivity index (χ2n) is 1.06. The van der Waals surface area contributed by atoms with Crippen molar-refractivity contribution in [3.63, 3.8) is 0 Å². The molecule has 0 bridgehead atoms. The molecule has 0 saturated heterocycles. The number of hydrogen-bond donors (Lipinski definition) is 0. The van der Waals surface area contributed by atoms with E-state index in [-0.39, 0.29) is 18.5 Å². The molecule has 1 aromatic heterocycles. The van der Waals surface area contributed by atoms with E-state index in [1.807, 2.05) is 0 Å². The summed E-state index contributed by atoms with van der Waals surface area (Å²) in [6, 6.07) is 0.0139. The quantitative estimate of drug-likeness (QED) is 0.466. The first-order valence-electron chi connectivity index (χ1n) is 3.16. The standard InChI is InChI=1S/C5H6O/c1-5-2-3-6-4-5/h2-4H,1H3/i2D,3D,4D.